The Hall–Kier alpha value is -3.25. The molecule has 7 heteroatoms. The zero-order chi connectivity index (χ0) is 21.5. The van der Waals surface area contributed by atoms with Gasteiger partial charge in [0.25, 0.3) is 0 Å². The monoisotopic (exact) mass is 434 g/mol. The molecule has 0 spiro atoms. The summed E-state index contributed by atoms with van der Waals surface area (Å²) in [6.45, 7) is 5.19. The van der Waals surface area contributed by atoms with E-state index < -0.39 is 5.82 Å². The molecule has 0 fully saturated rings. The number of anilines is 1. The highest BCUT2D eigenvalue weighted by atomic mass is 35.5. The minimum Gasteiger partial charge on any atom is -0.453 e. The van der Waals surface area contributed by atoms with Crippen LogP contribution in [-0.2, 0) is 13.0 Å². The van der Waals surface area contributed by atoms with E-state index in [0.29, 0.717) is 23.1 Å². The van der Waals surface area contributed by atoms with Crippen LogP contribution in [0.4, 0.5) is 10.2 Å². The minimum atomic E-state index is -0.398. The molecule has 31 heavy (non-hydrogen) atoms. The Morgan fingerprint density at radius 1 is 1.06 bits per heavy atom. The van der Waals surface area contributed by atoms with Crippen LogP contribution < -0.4 is 9.64 Å². The van der Waals surface area contributed by atoms with Gasteiger partial charge < -0.3 is 9.64 Å². The SMILES string of the molecule is Cc1ccc(F)c(Oc2cnc3c(c2)CN(c2nc(C)nc4ccc(Cl)cc24)CC3)c1. The van der Waals surface area contributed by atoms with E-state index in [0.717, 1.165) is 46.5 Å². The summed E-state index contributed by atoms with van der Waals surface area (Å²) in [6.07, 6.45) is 2.43. The zero-order valence-corrected chi connectivity index (χ0v) is 17.9. The molecule has 4 aromatic rings. The number of benzene rings is 2. The summed E-state index contributed by atoms with van der Waals surface area (Å²) in [6, 6.07) is 12.4. The number of hydrogen-bond donors (Lipinski definition) is 0. The van der Waals surface area contributed by atoms with Gasteiger partial charge in [-0.15, -0.1) is 0 Å². The van der Waals surface area contributed by atoms with Crippen molar-refractivity contribution in [1.29, 1.82) is 0 Å². The normalized spacial score (nSPS) is 13.4. The number of ether oxygens (including phenoxy) is 1. The van der Waals surface area contributed by atoms with Gasteiger partial charge in [0.05, 0.1) is 11.7 Å². The van der Waals surface area contributed by atoms with Gasteiger partial charge in [-0.1, -0.05) is 17.7 Å². The fourth-order valence-electron chi connectivity index (χ4n) is 3.90. The molecule has 0 bridgehead atoms. The molecule has 156 valence electrons. The predicted octanol–water partition coefficient (Wildman–Crippen LogP) is 5.79. The summed E-state index contributed by atoms with van der Waals surface area (Å²) in [7, 11) is 0. The van der Waals surface area contributed by atoms with Crippen LogP contribution in [-0.4, -0.2) is 21.5 Å². The Morgan fingerprint density at radius 2 is 1.94 bits per heavy atom. The number of nitrogens with zero attached hydrogens (tertiary/aromatic N) is 4. The lowest BCUT2D eigenvalue weighted by Crippen LogP contribution is -2.32. The van der Waals surface area contributed by atoms with Crippen LogP contribution in [0.3, 0.4) is 0 Å². The lowest BCUT2D eigenvalue weighted by molar-refractivity contribution is 0.438. The fourth-order valence-corrected chi connectivity index (χ4v) is 4.07. The number of halogens is 2. The number of hydrogen-bond acceptors (Lipinski definition) is 5. The summed E-state index contributed by atoms with van der Waals surface area (Å²) in [4.78, 5) is 16.0. The first-order valence-corrected chi connectivity index (χ1v) is 10.4. The van der Waals surface area contributed by atoms with E-state index in [2.05, 4.69) is 14.9 Å². The second-order valence-corrected chi connectivity index (χ2v) is 8.18. The van der Waals surface area contributed by atoms with Crippen LogP contribution in [0.1, 0.15) is 22.6 Å². The van der Waals surface area contributed by atoms with E-state index in [-0.39, 0.29) is 5.75 Å². The van der Waals surface area contributed by atoms with Gasteiger partial charge in [0, 0.05) is 35.6 Å². The third-order valence-electron chi connectivity index (χ3n) is 5.38. The van der Waals surface area contributed by atoms with Crippen molar-refractivity contribution in [2.75, 3.05) is 11.4 Å². The summed E-state index contributed by atoms with van der Waals surface area (Å²) in [5, 5.41) is 1.57. The average Bonchev–Trinajstić information content (AvgIpc) is 2.75. The molecule has 1 aliphatic heterocycles. The number of rotatable bonds is 3. The van der Waals surface area contributed by atoms with Crippen molar-refractivity contribution in [3.8, 4) is 11.5 Å². The molecule has 0 amide bonds. The number of aromatic nitrogens is 3. The van der Waals surface area contributed by atoms with E-state index in [4.69, 9.17) is 21.3 Å². The van der Waals surface area contributed by atoms with Crippen LogP contribution in [0.15, 0.2) is 48.7 Å². The number of aryl methyl sites for hydroxylation is 2. The maximum atomic E-state index is 14.1. The first-order chi connectivity index (χ1) is 15.0. The molecule has 5 rings (SSSR count). The molecular formula is C24H20ClFN4O. The fraction of sp³-hybridized carbons (Fsp3) is 0.208. The van der Waals surface area contributed by atoms with Crippen LogP contribution in [0.2, 0.25) is 5.02 Å². The van der Waals surface area contributed by atoms with Gasteiger partial charge >= 0.3 is 0 Å². The van der Waals surface area contributed by atoms with Crippen molar-refractivity contribution in [3.63, 3.8) is 0 Å². The van der Waals surface area contributed by atoms with Crippen LogP contribution in [0, 0.1) is 19.7 Å². The molecular weight excluding hydrogens is 415 g/mol. The van der Waals surface area contributed by atoms with Crippen molar-refractivity contribution in [1.82, 2.24) is 15.0 Å². The molecule has 0 radical (unpaired) electrons. The Labute approximate surface area is 184 Å². The van der Waals surface area contributed by atoms with Crippen molar-refractivity contribution in [2.24, 2.45) is 0 Å². The van der Waals surface area contributed by atoms with Gasteiger partial charge in [-0.25, -0.2) is 14.4 Å². The molecule has 0 saturated carbocycles. The molecule has 0 unspecified atom stereocenters. The largest absolute Gasteiger partial charge is 0.453 e. The highest BCUT2D eigenvalue weighted by Crippen LogP contribution is 2.32. The molecule has 2 aromatic heterocycles. The number of pyridine rings is 1. The van der Waals surface area contributed by atoms with Gasteiger partial charge in [-0.05, 0) is 61.4 Å². The maximum Gasteiger partial charge on any atom is 0.165 e. The number of fused-ring (bicyclic) bond motifs is 2. The van der Waals surface area contributed by atoms with Gasteiger partial charge in [0.2, 0.25) is 0 Å². The molecule has 0 atom stereocenters. The summed E-state index contributed by atoms with van der Waals surface area (Å²) < 4.78 is 19.9. The second-order valence-electron chi connectivity index (χ2n) is 7.74. The lowest BCUT2D eigenvalue weighted by atomic mass is 10.0. The Bertz CT molecular complexity index is 1310. The van der Waals surface area contributed by atoms with Crippen molar-refractivity contribution in [3.05, 3.63) is 82.1 Å². The molecule has 1 aliphatic rings. The molecule has 5 nitrogen and oxygen atoms in total. The van der Waals surface area contributed by atoms with Crippen LogP contribution in [0.5, 0.6) is 11.5 Å². The summed E-state index contributed by atoms with van der Waals surface area (Å²) in [5.41, 5.74) is 3.84. The Kier molecular flexibility index (Phi) is 4.94. The molecule has 0 saturated heterocycles. The smallest absolute Gasteiger partial charge is 0.165 e. The highest BCUT2D eigenvalue weighted by Gasteiger charge is 2.22. The second kappa shape index (κ2) is 7.78. The van der Waals surface area contributed by atoms with Crippen LogP contribution >= 0.6 is 11.6 Å². The van der Waals surface area contributed by atoms with Crippen LogP contribution in [0.25, 0.3) is 10.9 Å². The Balaban J connectivity index is 1.48. The first kappa shape index (κ1) is 19.7. The van der Waals surface area contributed by atoms with Gasteiger partial charge in [-0.3, -0.25) is 4.98 Å². The van der Waals surface area contributed by atoms with Gasteiger partial charge in [0.1, 0.15) is 17.4 Å². The van der Waals surface area contributed by atoms with Crippen molar-refractivity contribution < 1.29 is 9.13 Å². The van der Waals surface area contributed by atoms with Crippen molar-refractivity contribution in [2.45, 2.75) is 26.8 Å². The van der Waals surface area contributed by atoms with E-state index in [1.807, 2.05) is 38.1 Å². The standard InChI is InChI=1S/C24H20ClFN4O/c1-14-3-5-20(26)23(9-14)31-18-10-16-13-30(8-7-21(16)27-12-18)24-19-11-17(25)4-6-22(19)28-15(2)29-24/h3-6,9-12H,7-8,13H2,1-2H3. The lowest BCUT2D eigenvalue weighted by Gasteiger charge is -2.30. The van der Waals surface area contributed by atoms with Crippen molar-refractivity contribution >= 4 is 28.3 Å². The maximum absolute atomic E-state index is 14.1. The van der Waals surface area contributed by atoms with E-state index >= 15 is 0 Å². The molecule has 3 heterocycles. The van der Waals surface area contributed by atoms with Gasteiger partial charge in [0.15, 0.2) is 11.6 Å². The topological polar surface area (TPSA) is 51.1 Å². The van der Waals surface area contributed by atoms with E-state index in [1.165, 1.54) is 6.07 Å². The summed E-state index contributed by atoms with van der Waals surface area (Å²) >= 11 is 6.24. The predicted molar refractivity (Wildman–Crippen MR) is 119 cm³/mol. The third kappa shape index (κ3) is 3.91. The highest BCUT2D eigenvalue weighted by molar-refractivity contribution is 6.31. The van der Waals surface area contributed by atoms with E-state index in [9.17, 15) is 4.39 Å². The molecule has 0 N–H and O–H groups in total. The molecule has 2 aromatic carbocycles. The van der Waals surface area contributed by atoms with E-state index in [1.54, 1.807) is 18.3 Å². The molecule has 0 aliphatic carbocycles. The average molecular weight is 435 g/mol. The zero-order valence-electron chi connectivity index (χ0n) is 17.2. The summed E-state index contributed by atoms with van der Waals surface area (Å²) in [5.74, 6) is 1.87. The third-order valence-corrected chi connectivity index (χ3v) is 5.61. The Morgan fingerprint density at radius 3 is 2.81 bits per heavy atom. The first-order valence-electron chi connectivity index (χ1n) is 10.1. The van der Waals surface area contributed by atoms with Gasteiger partial charge in [-0.2, -0.15) is 0 Å². The quantitative estimate of drug-likeness (QED) is 0.408. The minimum absolute atomic E-state index is 0.196.